The number of esters is 1. The monoisotopic (exact) mass is 469 g/mol. The zero-order valence-electron chi connectivity index (χ0n) is 18.8. The molecule has 0 saturated heterocycles. The summed E-state index contributed by atoms with van der Waals surface area (Å²) in [7, 11) is 1.25. The van der Waals surface area contributed by atoms with Crippen LogP contribution in [0.1, 0.15) is 57.6 Å². The van der Waals surface area contributed by atoms with Gasteiger partial charge in [0.25, 0.3) is 5.91 Å². The molecule has 10 heteroatoms. The van der Waals surface area contributed by atoms with Crippen LogP contribution in [0.25, 0.3) is 0 Å². The van der Waals surface area contributed by atoms with E-state index >= 15 is 0 Å². The highest BCUT2D eigenvalue weighted by molar-refractivity contribution is 5.91. The van der Waals surface area contributed by atoms with Gasteiger partial charge in [-0.1, -0.05) is 18.2 Å². The van der Waals surface area contributed by atoms with Crippen LogP contribution >= 0.6 is 0 Å². The Bertz CT molecular complexity index is 1170. The van der Waals surface area contributed by atoms with Crippen molar-refractivity contribution in [1.29, 1.82) is 0 Å². The molecule has 178 valence electrons. The molecule has 0 fully saturated rings. The number of primary amides is 1. The summed E-state index contributed by atoms with van der Waals surface area (Å²) in [5.41, 5.74) is 6.65. The number of methoxy groups -OCH3 is 1. The molecule has 9 nitrogen and oxygen atoms in total. The van der Waals surface area contributed by atoms with E-state index in [2.05, 4.69) is 9.97 Å². The molecule has 4 rings (SSSR count). The van der Waals surface area contributed by atoms with Crippen LogP contribution in [0.3, 0.4) is 0 Å². The second kappa shape index (κ2) is 10.4. The lowest BCUT2D eigenvalue weighted by molar-refractivity contribution is -0.181. The molecule has 0 bridgehead atoms. The van der Waals surface area contributed by atoms with Crippen molar-refractivity contribution in [3.05, 3.63) is 88.8 Å². The van der Waals surface area contributed by atoms with Crippen LogP contribution in [0.5, 0.6) is 5.75 Å². The summed E-state index contributed by atoms with van der Waals surface area (Å²) < 4.78 is 29.2. The Balaban J connectivity index is 0.000000302. The van der Waals surface area contributed by atoms with E-state index in [0.29, 0.717) is 22.4 Å². The van der Waals surface area contributed by atoms with Gasteiger partial charge in [-0.2, -0.15) is 0 Å². The van der Waals surface area contributed by atoms with Gasteiger partial charge in [0.1, 0.15) is 17.6 Å². The van der Waals surface area contributed by atoms with Crippen LogP contribution in [0.2, 0.25) is 0 Å². The van der Waals surface area contributed by atoms with Gasteiger partial charge in [-0.15, -0.1) is 0 Å². The van der Waals surface area contributed by atoms with Gasteiger partial charge in [0.05, 0.1) is 13.7 Å². The molecule has 0 radical (unpaired) electrons. The van der Waals surface area contributed by atoms with Gasteiger partial charge in [0.2, 0.25) is 5.79 Å². The molecule has 1 aliphatic heterocycles. The molecule has 0 spiro atoms. The number of hydrogen-bond acceptors (Lipinski definition) is 8. The van der Waals surface area contributed by atoms with Crippen LogP contribution in [-0.4, -0.2) is 39.8 Å². The first-order chi connectivity index (χ1) is 16.1. The average Bonchev–Trinajstić information content (AvgIpc) is 2.83. The van der Waals surface area contributed by atoms with Gasteiger partial charge in [0.15, 0.2) is 11.4 Å². The summed E-state index contributed by atoms with van der Waals surface area (Å²) in [6.45, 7) is 3.54. The number of nitrogens with zero attached hydrogens (tertiary/aromatic N) is 2. The molecule has 1 aromatic carbocycles. The first-order valence-electron chi connectivity index (χ1n) is 10.2. The van der Waals surface area contributed by atoms with Crippen molar-refractivity contribution in [2.75, 3.05) is 7.11 Å². The summed E-state index contributed by atoms with van der Waals surface area (Å²) in [5, 5.41) is 10.7. The molecule has 0 aliphatic carbocycles. The summed E-state index contributed by atoms with van der Waals surface area (Å²) >= 11 is 0. The normalized spacial score (nSPS) is 14.5. The van der Waals surface area contributed by atoms with E-state index in [1.54, 1.807) is 32.0 Å². The fourth-order valence-corrected chi connectivity index (χ4v) is 3.14. The summed E-state index contributed by atoms with van der Waals surface area (Å²) in [6.07, 6.45) is 1.84. The van der Waals surface area contributed by atoms with E-state index in [4.69, 9.17) is 19.9 Å². The second-order valence-electron chi connectivity index (χ2n) is 7.69. The molecule has 1 amide bonds. The van der Waals surface area contributed by atoms with Crippen molar-refractivity contribution in [2.45, 2.75) is 32.3 Å². The van der Waals surface area contributed by atoms with Crippen LogP contribution in [-0.2, 0) is 16.1 Å². The second-order valence-corrected chi connectivity index (χ2v) is 7.69. The topological polar surface area (TPSA) is 134 Å². The van der Waals surface area contributed by atoms with Crippen molar-refractivity contribution in [2.24, 2.45) is 5.73 Å². The fraction of sp³-hybridized carbons (Fsp3) is 0.250. The number of halogens is 1. The molecule has 0 saturated carbocycles. The van der Waals surface area contributed by atoms with E-state index in [9.17, 15) is 19.1 Å². The van der Waals surface area contributed by atoms with Crippen molar-refractivity contribution in [1.82, 2.24) is 9.97 Å². The lowest BCUT2D eigenvalue weighted by atomic mass is 9.97. The predicted octanol–water partition coefficient (Wildman–Crippen LogP) is 2.91. The standard InChI is InChI=1S/C18H18FNO5.C6H6N2O/c1-18(2)24-9-13-12(15(21)10-4-6-11(19)7-5-10)8-20-14(16(13)25-18)17(22)23-3;7-6(9)5-3-1-2-4-8-5/h4-8,15,21H,9H2,1-3H3;1-4H,(H2,7,9). The Morgan fingerprint density at radius 2 is 1.88 bits per heavy atom. The number of hydrogen-bond donors (Lipinski definition) is 2. The zero-order valence-corrected chi connectivity index (χ0v) is 18.8. The number of pyridine rings is 2. The smallest absolute Gasteiger partial charge is 0.360 e. The van der Waals surface area contributed by atoms with Gasteiger partial charge >= 0.3 is 5.97 Å². The number of carbonyl (C=O) groups is 2. The number of carbonyl (C=O) groups excluding carboxylic acids is 2. The molecule has 1 unspecified atom stereocenters. The maximum absolute atomic E-state index is 13.1. The maximum Gasteiger partial charge on any atom is 0.360 e. The Labute approximate surface area is 195 Å². The molecular formula is C24H24FN3O6. The highest BCUT2D eigenvalue weighted by atomic mass is 19.1. The van der Waals surface area contributed by atoms with E-state index in [1.165, 1.54) is 43.8 Å². The molecule has 3 heterocycles. The minimum Gasteiger partial charge on any atom is -0.464 e. The van der Waals surface area contributed by atoms with Crippen LogP contribution < -0.4 is 10.5 Å². The Kier molecular flexibility index (Phi) is 7.54. The Hall–Kier alpha value is -3.89. The van der Waals surface area contributed by atoms with Crippen LogP contribution in [0, 0.1) is 5.82 Å². The molecular weight excluding hydrogens is 445 g/mol. The number of ether oxygens (including phenoxy) is 3. The summed E-state index contributed by atoms with van der Waals surface area (Å²) in [4.78, 5) is 30.1. The molecule has 3 N–H and O–H groups in total. The van der Waals surface area contributed by atoms with Crippen LogP contribution in [0.4, 0.5) is 4.39 Å². The minimum atomic E-state index is -1.07. The molecule has 1 aliphatic rings. The number of benzene rings is 1. The van der Waals surface area contributed by atoms with E-state index in [0.717, 1.165) is 0 Å². The largest absolute Gasteiger partial charge is 0.464 e. The average molecular weight is 469 g/mol. The highest BCUT2D eigenvalue weighted by Crippen LogP contribution is 2.39. The van der Waals surface area contributed by atoms with Crippen molar-refractivity contribution in [3.8, 4) is 5.75 Å². The molecule has 3 aromatic rings. The Morgan fingerprint density at radius 1 is 1.18 bits per heavy atom. The number of aliphatic hydroxyl groups excluding tert-OH is 1. The number of amides is 1. The van der Waals surface area contributed by atoms with Gasteiger partial charge in [-0.3, -0.25) is 9.78 Å². The molecule has 2 aromatic heterocycles. The number of aliphatic hydroxyl groups is 1. The predicted molar refractivity (Wildman–Crippen MR) is 118 cm³/mol. The van der Waals surface area contributed by atoms with Crippen molar-refractivity contribution in [3.63, 3.8) is 0 Å². The van der Waals surface area contributed by atoms with Gasteiger partial charge in [-0.05, 0) is 29.8 Å². The first kappa shape index (κ1) is 24.7. The summed E-state index contributed by atoms with van der Waals surface area (Å²) in [6, 6.07) is 10.5. The number of aromatic nitrogens is 2. The van der Waals surface area contributed by atoms with Crippen LogP contribution in [0.15, 0.2) is 54.9 Å². The third-order valence-electron chi connectivity index (χ3n) is 4.86. The first-order valence-corrected chi connectivity index (χ1v) is 10.2. The van der Waals surface area contributed by atoms with Gasteiger partial charge in [-0.25, -0.2) is 14.2 Å². The lowest BCUT2D eigenvalue weighted by Crippen LogP contribution is -2.37. The third kappa shape index (κ3) is 5.72. The van der Waals surface area contributed by atoms with E-state index in [1.807, 2.05) is 0 Å². The van der Waals surface area contributed by atoms with E-state index in [-0.39, 0.29) is 18.1 Å². The minimum absolute atomic E-state index is 0.0175. The fourth-order valence-electron chi connectivity index (χ4n) is 3.14. The van der Waals surface area contributed by atoms with E-state index < -0.39 is 29.6 Å². The molecule has 34 heavy (non-hydrogen) atoms. The highest BCUT2D eigenvalue weighted by Gasteiger charge is 2.35. The van der Waals surface area contributed by atoms with Gasteiger partial charge < -0.3 is 25.1 Å². The zero-order chi connectivity index (χ0) is 24.9. The van der Waals surface area contributed by atoms with Crippen molar-refractivity contribution < 1.29 is 33.3 Å². The third-order valence-corrected chi connectivity index (χ3v) is 4.86. The quantitative estimate of drug-likeness (QED) is 0.557. The number of nitrogens with two attached hydrogens (primary N) is 1. The summed E-state index contributed by atoms with van der Waals surface area (Å²) in [5.74, 6) is -2.25. The van der Waals surface area contributed by atoms with Gasteiger partial charge in [0, 0.05) is 37.4 Å². The molecule has 1 atom stereocenters. The van der Waals surface area contributed by atoms with Crippen molar-refractivity contribution >= 4 is 11.9 Å². The SMILES string of the molecule is COC(=O)c1ncc(C(O)c2ccc(F)cc2)c2c1OC(C)(C)OC2.NC(=O)c1ccccn1. The lowest BCUT2D eigenvalue weighted by Gasteiger charge is -2.34. The maximum atomic E-state index is 13.1. The Morgan fingerprint density at radius 3 is 2.44 bits per heavy atom. The number of fused-ring (bicyclic) bond motifs is 1. The number of rotatable bonds is 4.